The van der Waals surface area contributed by atoms with Gasteiger partial charge in [0.05, 0.1) is 17.5 Å². The largest absolute Gasteiger partial charge is 0.492 e. The molecule has 9 heteroatoms. The van der Waals surface area contributed by atoms with Gasteiger partial charge in [-0.3, -0.25) is 0 Å². The minimum Gasteiger partial charge on any atom is -0.492 e. The first-order valence-electron chi connectivity index (χ1n) is 6.15. The Morgan fingerprint density at radius 2 is 1.95 bits per heavy atom. The van der Waals surface area contributed by atoms with Crippen LogP contribution in [0.15, 0.2) is 35.7 Å². The van der Waals surface area contributed by atoms with E-state index >= 15 is 0 Å². The van der Waals surface area contributed by atoms with Crippen LogP contribution in [0.5, 0.6) is 5.75 Å². The molecule has 3 N–H and O–H groups in total. The van der Waals surface area contributed by atoms with Crippen molar-refractivity contribution in [1.82, 2.24) is 4.72 Å². The summed E-state index contributed by atoms with van der Waals surface area (Å²) in [5.74, 6) is 0.00930. The molecule has 1 atom stereocenters. The fourth-order valence-corrected chi connectivity index (χ4v) is 4.16. The average molecular weight is 332 g/mol. The predicted octanol–water partition coefficient (Wildman–Crippen LogP) is -0.122. The van der Waals surface area contributed by atoms with Gasteiger partial charge in [-0.1, -0.05) is 6.08 Å². The first-order chi connectivity index (χ1) is 9.76. The number of rotatable bonds is 6. The first kappa shape index (κ1) is 15.8. The number of nitrogens with two attached hydrogens (primary N) is 1. The van der Waals surface area contributed by atoms with Crippen LogP contribution >= 0.6 is 0 Å². The number of benzene rings is 1. The highest BCUT2D eigenvalue weighted by molar-refractivity contribution is 7.94. The van der Waals surface area contributed by atoms with E-state index in [4.69, 9.17) is 10.5 Å². The average Bonchev–Trinajstić information content (AvgIpc) is 2.70. The molecule has 0 aliphatic carbocycles. The van der Waals surface area contributed by atoms with Crippen molar-refractivity contribution in [3.63, 3.8) is 0 Å². The third-order valence-corrected chi connectivity index (χ3v) is 5.52. The summed E-state index contributed by atoms with van der Waals surface area (Å²) in [4.78, 5) is 0. The Bertz CT molecular complexity index is 723. The maximum Gasteiger partial charge on any atom is 0.215 e. The van der Waals surface area contributed by atoms with Gasteiger partial charge in [0, 0.05) is 11.1 Å². The highest BCUT2D eigenvalue weighted by Crippen LogP contribution is 2.13. The summed E-state index contributed by atoms with van der Waals surface area (Å²) in [6, 6.07) is 5.87. The van der Waals surface area contributed by atoms with E-state index in [-0.39, 0.29) is 18.1 Å². The number of sulfonamides is 1. The normalized spacial score (nSPS) is 20.5. The number of anilines is 1. The van der Waals surface area contributed by atoms with Gasteiger partial charge < -0.3 is 10.5 Å². The second-order valence-electron chi connectivity index (χ2n) is 4.62. The van der Waals surface area contributed by atoms with Crippen molar-refractivity contribution >= 4 is 25.5 Å². The zero-order chi connectivity index (χ0) is 15.5. The molecule has 7 nitrogen and oxygen atoms in total. The second kappa shape index (κ2) is 6.04. The number of hydrogen-bond donors (Lipinski definition) is 2. The van der Waals surface area contributed by atoms with Gasteiger partial charge in [-0.15, -0.1) is 0 Å². The predicted molar refractivity (Wildman–Crippen MR) is 80.0 cm³/mol. The topological polar surface area (TPSA) is 116 Å². The SMILES string of the molecule is Nc1ccc(OCCS(=O)(=O)NC2C=CS(=O)(=O)C2)cc1. The lowest BCUT2D eigenvalue weighted by Gasteiger charge is -2.11. The summed E-state index contributed by atoms with van der Waals surface area (Å²) in [6.45, 7) is -0.0393. The highest BCUT2D eigenvalue weighted by atomic mass is 32.2. The molecule has 1 aromatic rings. The molecule has 0 aromatic heterocycles. The molecule has 1 unspecified atom stereocenters. The number of nitrogen functional groups attached to an aromatic ring is 1. The van der Waals surface area contributed by atoms with Crippen LogP contribution in [0.1, 0.15) is 0 Å². The Kier molecular flexibility index (Phi) is 4.55. The summed E-state index contributed by atoms with van der Waals surface area (Å²) < 4.78 is 53.6. The molecule has 0 saturated carbocycles. The lowest BCUT2D eigenvalue weighted by Crippen LogP contribution is -2.38. The molecule has 21 heavy (non-hydrogen) atoms. The molecular weight excluding hydrogens is 316 g/mol. The van der Waals surface area contributed by atoms with Crippen LogP contribution in [0.3, 0.4) is 0 Å². The summed E-state index contributed by atoms with van der Waals surface area (Å²) in [6.07, 6.45) is 1.33. The van der Waals surface area contributed by atoms with Crippen LogP contribution in [-0.4, -0.2) is 41.0 Å². The number of sulfone groups is 1. The van der Waals surface area contributed by atoms with Crippen molar-refractivity contribution in [2.45, 2.75) is 6.04 Å². The summed E-state index contributed by atoms with van der Waals surface area (Å²) >= 11 is 0. The molecule has 1 aliphatic rings. The van der Waals surface area contributed by atoms with Crippen molar-refractivity contribution in [3.05, 3.63) is 35.7 Å². The Hall–Kier alpha value is -1.58. The van der Waals surface area contributed by atoms with Crippen molar-refractivity contribution in [2.75, 3.05) is 23.8 Å². The molecule has 1 aliphatic heterocycles. The van der Waals surface area contributed by atoms with Crippen molar-refractivity contribution in [2.24, 2.45) is 0 Å². The van der Waals surface area contributed by atoms with Crippen molar-refractivity contribution in [1.29, 1.82) is 0 Å². The van der Waals surface area contributed by atoms with Gasteiger partial charge in [0.15, 0.2) is 9.84 Å². The number of nitrogens with one attached hydrogen (secondary N) is 1. The Balaban J connectivity index is 1.82. The molecule has 0 saturated heterocycles. The lowest BCUT2D eigenvalue weighted by atomic mass is 10.3. The van der Waals surface area contributed by atoms with Gasteiger partial charge in [-0.25, -0.2) is 21.6 Å². The zero-order valence-electron chi connectivity index (χ0n) is 11.1. The molecule has 2 rings (SSSR count). The van der Waals surface area contributed by atoms with E-state index in [9.17, 15) is 16.8 Å². The Labute approximate surface area is 123 Å². The molecule has 0 fully saturated rings. The van der Waals surface area contributed by atoms with Gasteiger partial charge in [0.1, 0.15) is 12.4 Å². The molecule has 1 heterocycles. The third-order valence-electron chi connectivity index (χ3n) is 2.76. The Morgan fingerprint density at radius 1 is 1.29 bits per heavy atom. The van der Waals surface area contributed by atoms with Crippen molar-refractivity contribution in [3.8, 4) is 5.75 Å². The minimum absolute atomic E-state index is 0.0393. The summed E-state index contributed by atoms with van der Waals surface area (Å²) in [7, 11) is -6.89. The summed E-state index contributed by atoms with van der Waals surface area (Å²) in [5.41, 5.74) is 6.11. The highest BCUT2D eigenvalue weighted by Gasteiger charge is 2.25. The van der Waals surface area contributed by atoms with Crippen LogP contribution in [0.4, 0.5) is 5.69 Å². The van der Waals surface area contributed by atoms with Crippen LogP contribution in [0.25, 0.3) is 0 Å². The molecule has 1 aromatic carbocycles. The summed E-state index contributed by atoms with van der Waals surface area (Å²) in [5, 5.41) is 1.02. The standard InChI is InChI=1S/C12H16N2O5S2/c13-10-1-3-12(4-2-10)19-6-8-21(17,18)14-11-5-7-20(15,16)9-11/h1-5,7,11,14H,6,8-9,13H2. The van der Waals surface area contributed by atoms with Crippen molar-refractivity contribution < 1.29 is 21.6 Å². The first-order valence-corrected chi connectivity index (χ1v) is 9.52. The number of hydrogen-bond acceptors (Lipinski definition) is 6. The maximum absolute atomic E-state index is 11.8. The van der Waals surface area contributed by atoms with E-state index < -0.39 is 25.9 Å². The van der Waals surface area contributed by atoms with Crippen LogP contribution in [0, 0.1) is 0 Å². The van der Waals surface area contributed by atoms with E-state index in [1.54, 1.807) is 24.3 Å². The third kappa shape index (κ3) is 5.03. The maximum atomic E-state index is 11.8. The Morgan fingerprint density at radius 3 is 2.52 bits per heavy atom. The van der Waals surface area contributed by atoms with Crippen LogP contribution < -0.4 is 15.2 Å². The van der Waals surface area contributed by atoms with Gasteiger partial charge in [-0.05, 0) is 24.3 Å². The van der Waals surface area contributed by atoms with Gasteiger partial charge in [0.2, 0.25) is 10.0 Å². The molecule has 116 valence electrons. The molecular formula is C12H16N2O5S2. The monoisotopic (exact) mass is 332 g/mol. The molecule has 0 spiro atoms. The fraction of sp³-hybridized carbons (Fsp3) is 0.333. The van der Waals surface area contributed by atoms with Gasteiger partial charge in [-0.2, -0.15) is 0 Å². The zero-order valence-corrected chi connectivity index (χ0v) is 12.7. The lowest BCUT2D eigenvalue weighted by molar-refractivity contribution is 0.340. The molecule has 0 bridgehead atoms. The smallest absolute Gasteiger partial charge is 0.215 e. The van der Waals surface area contributed by atoms with E-state index in [1.165, 1.54) is 6.08 Å². The van der Waals surface area contributed by atoms with Gasteiger partial charge in [0.25, 0.3) is 0 Å². The van der Waals surface area contributed by atoms with E-state index in [2.05, 4.69) is 4.72 Å². The van der Waals surface area contributed by atoms with E-state index in [0.29, 0.717) is 11.4 Å². The van der Waals surface area contributed by atoms with Crippen LogP contribution in [0.2, 0.25) is 0 Å². The minimum atomic E-state index is -3.61. The van der Waals surface area contributed by atoms with E-state index in [0.717, 1.165) is 5.41 Å². The van der Waals surface area contributed by atoms with Gasteiger partial charge >= 0.3 is 0 Å². The van der Waals surface area contributed by atoms with E-state index in [1.807, 2.05) is 0 Å². The molecule has 0 amide bonds. The number of ether oxygens (including phenoxy) is 1. The van der Waals surface area contributed by atoms with Crippen LogP contribution in [-0.2, 0) is 19.9 Å². The molecule has 0 radical (unpaired) electrons. The second-order valence-corrected chi connectivity index (χ2v) is 8.42. The fourth-order valence-electron chi connectivity index (χ4n) is 1.77. The quantitative estimate of drug-likeness (QED) is 0.702.